The van der Waals surface area contributed by atoms with Crippen molar-refractivity contribution in [3.05, 3.63) is 28.7 Å². The second kappa shape index (κ2) is 8.20. The van der Waals surface area contributed by atoms with Gasteiger partial charge in [0.2, 0.25) is 0 Å². The van der Waals surface area contributed by atoms with Gasteiger partial charge in [-0.2, -0.15) is 0 Å². The fourth-order valence-electron chi connectivity index (χ4n) is 2.09. The quantitative estimate of drug-likeness (QED) is 0.761. The van der Waals surface area contributed by atoms with E-state index in [1.807, 2.05) is 31.2 Å². The Bertz CT molecular complexity index is 388. The molecule has 0 amide bonds. The Balaban J connectivity index is 2.83. The third-order valence-corrected chi connectivity index (χ3v) is 3.76. The molecule has 0 radical (unpaired) electrons. The fraction of sp³-hybridized carbons (Fsp3) is 0.533. The molecule has 19 heavy (non-hydrogen) atoms. The van der Waals surface area contributed by atoms with Crippen LogP contribution in [0.1, 0.15) is 33.6 Å². The first kappa shape index (κ1) is 16.0. The van der Waals surface area contributed by atoms with Gasteiger partial charge in [-0.05, 0) is 37.1 Å². The molecule has 0 heterocycles. The lowest BCUT2D eigenvalue weighted by Crippen LogP contribution is -2.38. The number of carbonyl (C=O) groups is 1. The number of anilines is 1. The van der Waals surface area contributed by atoms with Crippen molar-refractivity contribution in [2.24, 2.45) is 5.92 Å². The topological polar surface area (TPSA) is 38.3 Å². The minimum atomic E-state index is -0.281. The Kier molecular flexibility index (Phi) is 6.92. The van der Waals surface area contributed by atoms with Crippen molar-refractivity contribution >= 4 is 27.6 Å². The van der Waals surface area contributed by atoms with Crippen LogP contribution >= 0.6 is 15.9 Å². The summed E-state index contributed by atoms with van der Waals surface area (Å²) in [4.78, 5) is 12.1. The predicted octanol–water partition coefficient (Wildman–Crippen LogP) is 4.23. The first-order chi connectivity index (χ1) is 9.12. The zero-order chi connectivity index (χ0) is 14.3. The number of hydrogen-bond donors (Lipinski definition) is 1. The highest BCUT2D eigenvalue weighted by Gasteiger charge is 2.27. The van der Waals surface area contributed by atoms with E-state index < -0.39 is 0 Å². The van der Waals surface area contributed by atoms with Gasteiger partial charge in [0, 0.05) is 10.2 Å². The van der Waals surface area contributed by atoms with Gasteiger partial charge in [-0.15, -0.1) is 0 Å². The number of benzene rings is 1. The van der Waals surface area contributed by atoms with Crippen LogP contribution in [-0.4, -0.2) is 18.6 Å². The van der Waals surface area contributed by atoms with E-state index in [0.717, 1.165) is 23.0 Å². The van der Waals surface area contributed by atoms with Gasteiger partial charge in [0.1, 0.15) is 6.04 Å². The minimum absolute atomic E-state index is 0.167. The molecule has 3 nitrogen and oxygen atoms in total. The molecule has 1 unspecified atom stereocenters. The van der Waals surface area contributed by atoms with Crippen LogP contribution in [0.2, 0.25) is 0 Å². The van der Waals surface area contributed by atoms with Crippen molar-refractivity contribution in [3.8, 4) is 0 Å². The van der Waals surface area contributed by atoms with Crippen molar-refractivity contribution in [2.45, 2.75) is 39.7 Å². The Labute approximate surface area is 123 Å². The molecule has 1 rings (SSSR count). The lowest BCUT2D eigenvalue weighted by Gasteiger charge is -2.25. The molecule has 0 bridgehead atoms. The molecular weight excluding hydrogens is 306 g/mol. The Morgan fingerprint density at radius 2 is 1.79 bits per heavy atom. The van der Waals surface area contributed by atoms with E-state index in [9.17, 15) is 4.79 Å². The molecule has 0 aliphatic rings. The predicted molar refractivity (Wildman–Crippen MR) is 82.3 cm³/mol. The van der Waals surface area contributed by atoms with E-state index in [-0.39, 0.29) is 17.9 Å². The monoisotopic (exact) mass is 327 g/mol. The normalized spacial score (nSPS) is 12.3. The van der Waals surface area contributed by atoms with E-state index >= 15 is 0 Å². The summed E-state index contributed by atoms with van der Waals surface area (Å²) in [6.07, 6.45) is 1.90. The maximum absolute atomic E-state index is 12.1. The lowest BCUT2D eigenvalue weighted by atomic mass is 9.94. The molecule has 0 saturated carbocycles. The lowest BCUT2D eigenvalue weighted by molar-refractivity contribution is -0.145. The summed E-state index contributed by atoms with van der Waals surface area (Å²) in [6.45, 7) is 6.45. The van der Waals surface area contributed by atoms with Crippen molar-refractivity contribution in [1.29, 1.82) is 0 Å². The summed E-state index contributed by atoms with van der Waals surface area (Å²) in [5.74, 6) is 0.113. The Morgan fingerprint density at radius 3 is 2.26 bits per heavy atom. The zero-order valence-corrected chi connectivity index (χ0v) is 13.4. The van der Waals surface area contributed by atoms with Gasteiger partial charge in [0.05, 0.1) is 6.61 Å². The number of halogens is 1. The van der Waals surface area contributed by atoms with Crippen molar-refractivity contribution in [2.75, 3.05) is 11.9 Å². The van der Waals surface area contributed by atoms with Crippen molar-refractivity contribution < 1.29 is 9.53 Å². The van der Waals surface area contributed by atoms with Gasteiger partial charge in [-0.1, -0.05) is 42.6 Å². The van der Waals surface area contributed by atoms with Crippen LogP contribution in [0.5, 0.6) is 0 Å². The number of rotatable bonds is 7. The average Bonchev–Trinajstić information content (AvgIpc) is 2.41. The van der Waals surface area contributed by atoms with Gasteiger partial charge >= 0.3 is 5.97 Å². The molecule has 1 N–H and O–H groups in total. The van der Waals surface area contributed by atoms with Crippen LogP contribution in [-0.2, 0) is 9.53 Å². The standard InChI is InChI=1S/C15H22BrNO2/c1-4-11(5-2)14(15(18)19-6-3)17-13-9-7-12(16)8-10-13/h7-11,14,17H,4-6H2,1-3H3. The highest BCUT2D eigenvalue weighted by Crippen LogP contribution is 2.21. The maximum Gasteiger partial charge on any atom is 0.328 e. The number of carbonyl (C=O) groups excluding carboxylic acids is 1. The third kappa shape index (κ3) is 4.86. The van der Waals surface area contributed by atoms with Gasteiger partial charge < -0.3 is 10.1 Å². The molecule has 0 aromatic heterocycles. The Hall–Kier alpha value is -1.03. The first-order valence-electron chi connectivity index (χ1n) is 6.81. The van der Waals surface area contributed by atoms with Crippen molar-refractivity contribution in [1.82, 2.24) is 0 Å². The molecule has 106 valence electrons. The van der Waals surface area contributed by atoms with Gasteiger partial charge in [-0.25, -0.2) is 4.79 Å². The second-order valence-corrected chi connectivity index (χ2v) is 5.37. The largest absolute Gasteiger partial charge is 0.464 e. The number of nitrogens with one attached hydrogen (secondary N) is 1. The van der Waals surface area contributed by atoms with E-state index in [4.69, 9.17) is 4.74 Å². The summed E-state index contributed by atoms with van der Waals surface area (Å²) in [5, 5.41) is 3.30. The smallest absolute Gasteiger partial charge is 0.328 e. The number of hydrogen-bond acceptors (Lipinski definition) is 3. The van der Waals surface area contributed by atoms with Crippen LogP contribution in [0.4, 0.5) is 5.69 Å². The molecule has 0 spiro atoms. The molecule has 0 aliphatic heterocycles. The summed E-state index contributed by atoms with van der Waals surface area (Å²) in [5.41, 5.74) is 0.938. The summed E-state index contributed by atoms with van der Waals surface area (Å²) >= 11 is 3.40. The van der Waals surface area contributed by atoms with Gasteiger partial charge in [0.25, 0.3) is 0 Å². The molecule has 4 heteroatoms. The second-order valence-electron chi connectivity index (χ2n) is 4.46. The molecule has 1 aromatic rings. The van der Waals surface area contributed by atoms with E-state index in [0.29, 0.717) is 6.61 Å². The summed E-state index contributed by atoms with van der Waals surface area (Å²) in [7, 11) is 0. The zero-order valence-electron chi connectivity index (χ0n) is 11.8. The first-order valence-corrected chi connectivity index (χ1v) is 7.60. The fourth-order valence-corrected chi connectivity index (χ4v) is 2.35. The highest BCUT2D eigenvalue weighted by atomic mass is 79.9. The van der Waals surface area contributed by atoms with E-state index in [2.05, 4.69) is 35.1 Å². The highest BCUT2D eigenvalue weighted by molar-refractivity contribution is 9.10. The van der Waals surface area contributed by atoms with Gasteiger partial charge in [0.15, 0.2) is 0 Å². The third-order valence-electron chi connectivity index (χ3n) is 3.23. The number of ether oxygens (including phenoxy) is 1. The van der Waals surface area contributed by atoms with Crippen LogP contribution in [0.15, 0.2) is 28.7 Å². The van der Waals surface area contributed by atoms with E-state index in [1.54, 1.807) is 0 Å². The SMILES string of the molecule is CCOC(=O)C(Nc1ccc(Br)cc1)C(CC)CC. The van der Waals surface area contributed by atoms with Gasteiger partial charge in [-0.3, -0.25) is 0 Å². The van der Waals surface area contributed by atoms with Crippen molar-refractivity contribution in [3.63, 3.8) is 0 Å². The average molecular weight is 328 g/mol. The van der Waals surface area contributed by atoms with Crippen LogP contribution in [0.3, 0.4) is 0 Å². The summed E-state index contributed by atoms with van der Waals surface area (Å²) in [6, 6.07) is 7.54. The molecule has 1 aromatic carbocycles. The summed E-state index contributed by atoms with van der Waals surface area (Å²) < 4.78 is 6.20. The Morgan fingerprint density at radius 1 is 1.21 bits per heavy atom. The molecule has 1 atom stereocenters. The van der Waals surface area contributed by atoms with Crippen LogP contribution in [0, 0.1) is 5.92 Å². The molecular formula is C15H22BrNO2. The minimum Gasteiger partial charge on any atom is -0.464 e. The number of esters is 1. The van der Waals surface area contributed by atoms with Crippen LogP contribution in [0.25, 0.3) is 0 Å². The van der Waals surface area contributed by atoms with Crippen LogP contribution < -0.4 is 5.32 Å². The molecule has 0 aliphatic carbocycles. The maximum atomic E-state index is 12.1. The molecule has 0 fully saturated rings. The van der Waals surface area contributed by atoms with E-state index in [1.165, 1.54) is 0 Å². The molecule has 0 saturated heterocycles.